The van der Waals surface area contributed by atoms with Gasteiger partial charge in [0.25, 0.3) is 5.91 Å². The number of nitrogens with one attached hydrogen (secondary N) is 2. The van der Waals surface area contributed by atoms with Gasteiger partial charge >= 0.3 is 0 Å². The highest BCUT2D eigenvalue weighted by Gasteiger charge is 2.13. The average molecular weight is 421 g/mol. The van der Waals surface area contributed by atoms with Crippen LogP contribution in [0.15, 0.2) is 40.1 Å². The van der Waals surface area contributed by atoms with Crippen molar-refractivity contribution in [1.82, 2.24) is 10.2 Å². The van der Waals surface area contributed by atoms with E-state index in [0.717, 1.165) is 5.56 Å². The van der Waals surface area contributed by atoms with E-state index < -0.39 is 0 Å². The average Bonchev–Trinajstić information content (AvgIpc) is 3.29. The lowest BCUT2D eigenvalue weighted by molar-refractivity contribution is -0.113. The minimum Gasteiger partial charge on any atom is -0.495 e. The lowest BCUT2D eigenvalue weighted by Crippen LogP contribution is -2.14. The van der Waals surface area contributed by atoms with Crippen LogP contribution in [0.3, 0.4) is 0 Å². The summed E-state index contributed by atoms with van der Waals surface area (Å²) in [7, 11) is 1.55. The van der Waals surface area contributed by atoms with Crippen molar-refractivity contribution in [3.63, 3.8) is 0 Å². The summed E-state index contributed by atoms with van der Waals surface area (Å²) in [6.07, 6.45) is 0. The topological polar surface area (TPSA) is 93.2 Å². The molecule has 3 rings (SSSR count). The summed E-state index contributed by atoms with van der Waals surface area (Å²) in [6, 6.07) is 9.01. The van der Waals surface area contributed by atoms with E-state index in [1.165, 1.54) is 34.4 Å². The van der Waals surface area contributed by atoms with Gasteiger partial charge in [0.1, 0.15) is 5.75 Å². The van der Waals surface area contributed by atoms with Crippen molar-refractivity contribution in [2.75, 3.05) is 23.5 Å². The number of hydrogen-bond donors (Lipinski definition) is 2. The number of ether oxygens (including phenoxy) is 1. The van der Waals surface area contributed by atoms with Gasteiger partial charge in [-0.15, -0.1) is 21.5 Å². The normalized spacial score (nSPS) is 10.4. The first-order valence-electron chi connectivity index (χ1n) is 7.81. The Bertz CT molecular complexity index is 954. The van der Waals surface area contributed by atoms with Crippen LogP contribution in [-0.2, 0) is 4.79 Å². The maximum absolute atomic E-state index is 12.1. The van der Waals surface area contributed by atoms with E-state index in [2.05, 4.69) is 20.8 Å². The predicted octanol–water partition coefficient (Wildman–Crippen LogP) is 3.90. The molecule has 1 aromatic carbocycles. The Balaban J connectivity index is 1.52. The second kappa shape index (κ2) is 8.98. The Kier molecular flexibility index (Phi) is 6.43. The number of aryl methyl sites for hydroxylation is 1. The second-order valence-corrected chi connectivity index (χ2v) is 8.46. The number of rotatable bonds is 7. The number of thioether (sulfide) groups is 1. The Morgan fingerprint density at radius 1 is 1.22 bits per heavy atom. The van der Waals surface area contributed by atoms with Crippen molar-refractivity contribution in [3.8, 4) is 5.75 Å². The highest BCUT2D eigenvalue weighted by Crippen LogP contribution is 2.27. The number of thiophene rings is 1. The van der Waals surface area contributed by atoms with Gasteiger partial charge in [-0.2, -0.15) is 0 Å². The molecule has 2 heterocycles. The molecule has 2 amide bonds. The predicted molar refractivity (Wildman–Crippen MR) is 109 cm³/mol. The van der Waals surface area contributed by atoms with Crippen molar-refractivity contribution in [2.24, 2.45) is 0 Å². The van der Waals surface area contributed by atoms with Gasteiger partial charge < -0.3 is 10.1 Å². The number of anilines is 2. The van der Waals surface area contributed by atoms with Gasteiger partial charge in [0.15, 0.2) is 4.34 Å². The van der Waals surface area contributed by atoms with Crippen LogP contribution in [0.4, 0.5) is 10.8 Å². The SMILES string of the molecule is COc1ccccc1NC(=O)CSc1nnc(NC(=O)c2cc(C)cs2)s1. The molecule has 0 radical (unpaired) electrons. The molecule has 0 fully saturated rings. The molecule has 0 atom stereocenters. The molecule has 0 saturated carbocycles. The molecule has 0 saturated heterocycles. The van der Waals surface area contributed by atoms with Gasteiger partial charge in [0, 0.05) is 0 Å². The molecule has 27 heavy (non-hydrogen) atoms. The number of nitrogens with zero attached hydrogens (tertiary/aromatic N) is 2. The van der Waals surface area contributed by atoms with Crippen molar-refractivity contribution >= 4 is 57.1 Å². The van der Waals surface area contributed by atoms with E-state index in [1.807, 2.05) is 30.5 Å². The molecule has 3 aromatic rings. The summed E-state index contributed by atoms with van der Waals surface area (Å²) < 4.78 is 5.81. The van der Waals surface area contributed by atoms with Crippen LogP contribution in [0, 0.1) is 6.92 Å². The van der Waals surface area contributed by atoms with Gasteiger partial charge in [-0.3, -0.25) is 14.9 Å². The van der Waals surface area contributed by atoms with Crippen LogP contribution in [0.1, 0.15) is 15.2 Å². The molecular formula is C17H16N4O3S3. The minimum absolute atomic E-state index is 0.171. The van der Waals surface area contributed by atoms with Crippen LogP contribution in [-0.4, -0.2) is 34.9 Å². The zero-order valence-electron chi connectivity index (χ0n) is 14.5. The number of carbonyl (C=O) groups is 2. The molecule has 0 spiro atoms. The summed E-state index contributed by atoms with van der Waals surface area (Å²) >= 11 is 3.86. The van der Waals surface area contributed by atoms with E-state index in [9.17, 15) is 9.59 Å². The molecule has 0 bridgehead atoms. The number of hydrogen-bond acceptors (Lipinski definition) is 8. The molecule has 2 N–H and O–H groups in total. The summed E-state index contributed by atoms with van der Waals surface area (Å²) in [5, 5.41) is 15.8. The molecule has 0 aliphatic heterocycles. The number of methoxy groups -OCH3 is 1. The first kappa shape index (κ1) is 19.3. The van der Waals surface area contributed by atoms with Crippen molar-refractivity contribution in [2.45, 2.75) is 11.3 Å². The van der Waals surface area contributed by atoms with E-state index in [4.69, 9.17) is 4.74 Å². The second-order valence-electron chi connectivity index (χ2n) is 5.35. The maximum Gasteiger partial charge on any atom is 0.267 e. The molecule has 0 unspecified atom stereocenters. The van der Waals surface area contributed by atoms with Crippen molar-refractivity contribution in [3.05, 3.63) is 46.2 Å². The standard InChI is InChI=1S/C17H16N4O3S3/c1-10-7-13(25-8-10)15(23)19-16-20-21-17(27-16)26-9-14(22)18-11-5-3-4-6-12(11)24-2/h3-8H,9H2,1-2H3,(H,18,22)(H,19,20,23). The number of carbonyl (C=O) groups excluding carboxylic acids is 2. The van der Waals surface area contributed by atoms with Gasteiger partial charge in [-0.1, -0.05) is 35.2 Å². The third-order valence-electron chi connectivity index (χ3n) is 3.29. The van der Waals surface area contributed by atoms with E-state index in [-0.39, 0.29) is 17.6 Å². The number of para-hydroxylation sites is 2. The van der Waals surface area contributed by atoms with Crippen LogP contribution >= 0.6 is 34.4 Å². The number of benzene rings is 1. The third-order valence-corrected chi connectivity index (χ3v) is 6.31. The number of aromatic nitrogens is 2. The third kappa shape index (κ3) is 5.28. The highest BCUT2D eigenvalue weighted by atomic mass is 32.2. The zero-order chi connectivity index (χ0) is 19.2. The van der Waals surface area contributed by atoms with Crippen LogP contribution in [0.5, 0.6) is 5.75 Å². The monoisotopic (exact) mass is 420 g/mol. The van der Waals surface area contributed by atoms with Crippen molar-refractivity contribution < 1.29 is 14.3 Å². The van der Waals surface area contributed by atoms with Crippen LogP contribution in [0.25, 0.3) is 0 Å². The fourth-order valence-electron chi connectivity index (χ4n) is 2.09. The first-order valence-corrected chi connectivity index (χ1v) is 10.5. The highest BCUT2D eigenvalue weighted by molar-refractivity contribution is 8.01. The Morgan fingerprint density at radius 3 is 2.78 bits per heavy atom. The van der Waals surface area contributed by atoms with E-state index in [1.54, 1.807) is 19.2 Å². The molecule has 0 aliphatic rings. The molecule has 10 heteroatoms. The first-order chi connectivity index (χ1) is 13.0. The minimum atomic E-state index is -0.213. The van der Waals surface area contributed by atoms with Crippen LogP contribution in [0.2, 0.25) is 0 Å². The number of amides is 2. The largest absolute Gasteiger partial charge is 0.495 e. The molecule has 0 aliphatic carbocycles. The molecule has 140 valence electrons. The summed E-state index contributed by atoms with van der Waals surface area (Å²) in [6.45, 7) is 1.93. The Morgan fingerprint density at radius 2 is 2.04 bits per heavy atom. The summed E-state index contributed by atoms with van der Waals surface area (Å²) in [5.41, 5.74) is 1.65. The molecule has 7 nitrogen and oxygen atoms in total. The lowest BCUT2D eigenvalue weighted by Gasteiger charge is -2.08. The van der Waals surface area contributed by atoms with Crippen molar-refractivity contribution in [1.29, 1.82) is 0 Å². The maximum atomic E-state index is 12.1. The smallest absolute Gasteiger partial charge is 0.267 e. The Labute approximate surface area is 168 Å². The molecular weight excluding hydrogens is 404 g/mol. The lowest BCUT2D eigenvalue weighted by atomic mass is 10.3. The van der Waals surface area contributed by atoms with Gasteiger partial charge in [-0.25, -0.2) is 0 Å². The van der Waals surface area contributed by atoms with E-state index >= 15 is 0 Å². The van der Waals surface area contributed by atoms with Crippen LogP contribution < -0.4 is 15.4 Å². The summed E-state index contributed by atoms with van der Waals surface area (Å²) in [5.74, 6) is 0.375. The quantitative estimate of drug-likeness (QED) is 0.445. The van der Waals surface area contributed by atoms with Gasteiger partial charge in [0.2, 0.25) is 11.0 Å². The van der Waals surface area contributed by atoms with Gasteiger partial charge in [-0.05, 0) is 36.1 Å². The zero-order valence-corrected chi connectivity index (χ0v) is 17.0. The molecule has 2 aromatic heterocycles. The Hall–Kier alpha value is -2.43. The van der Waals surface area contributed by atoms with E-state index in [0.29, 0.717) is 25.8 Å². The fourth-order valence-corrected chi connectivity index (χ4v) is 4.43. The summed E-state index contributed by atoms with van der Waals surface area (Å²) in [4.78, 5) is 24.9. The van der Waals surface area contributed by atoms with Gasteiger partial charge in [0.05, 0.1) is 23.4 Å². The fraction of sp³-hybridized carbons (Fsp3) is 0.176.